The van der Waals surface area contributed by atoms with Gasteiger partial charge in [0.1, 0.15) is 36.6 Å². The van der Waals surface area contributed by atoms with Crippen molar-refractivity contribution in [3.05, 3.63) is 0 Å². The zero-order valence-corrected chi connectivity index (χ0v) is 21.9. The first-order valence-electron chi connectivity index (χ1n) is 13.6. The van der Waals surface area contributed by atoms with Crippen molar-refractivity contribution in [3.63, 3.8) is 0 Å². The maximum absolute atomic E-state index is 10.7. The molecule has 9 N–H and O–H groups in total. The maximum Gasteiger partial charge on any atom is 0.187 e. The summed E-state index contributed by atoms with van der Waals surface area (Å²) in [5, 5.41) is 90.2. The van der Waals surface area contributed by atoms with Gasteiger partial charge >= 0.3 is 0 Å². The lowest BCUT2D eigenvalue weighted by Gasteiger charge is -2.45. The molecular formula is C24H42O16. The maximum atomic E-state index is 10.7. The number of hydrogen-bond acceptors (Lipinski definition) is 16. The van der Waals surface area contributed by atoms with Gasteiger partial charge in [-0.15, -0.1) is 0 Å². The fourth-order valence-electron chi connectivity index (χ4n) is 5.33. The van der Waals surface area contributed by atoms with Crippen LogP contribution in [-0.2, 0) is 33.2 Å². The molecule has 16 heteroatoms. The normalized spacial score (nSPS) is 48.7. The van der Waals surface area contributed by atoms with Gasteiger partial charge in [0.25, 0.3) is 0 Å². The molecule has 0 spiro atoms. The molecule has 0 bridgehead atoms. The zero-order valence-electron chi connectivity index (χ0n) is 21.9. The molecule has 4 aliphatic heterocycles. The van der Waals surface area contributed by atoms with Crippen LogP contribution in [0.15, 0.2) is 0 Å². The summed E-state index contributed by atoms with van der Waals surface area (Å²) in [6.45, 7) is -1.67. The summed E-state index contributed by atoms with van der Waals surface area (Å²) in [6, 6.07) is 0. The molecule has 4 fully saturated rings. The van der Waals surface area contributed by atoms with Crippen LogP contribution in [-0.4, -0.2) is 165 Å². The largest absolute Gasteiger partial charge is 0.394 e. The fraction of sp³-hybridized carbons (Fsp3) is 1.00. The van der Waals surface area contributed by atoms with Crippen LogP contribution in [0.5, 0.6) is 0 Å². The molecular weight excluding hydrogens is 544 g/mol. The summed E-state index contributed by atoms with van der Waals surface area (Å²) in [7, 11) is 0. The summed E-state index contributed by atoms with van der Waals surface area (Å²) in [6.07, 6.45) is -16.2. The molecule has 0 amide bonds. The summed E-state index contributed by atoms with van der Waals surface area (Å²) in [5.41, 5.74) is 0. The molecule has 16 nitrogen and oxygen atoms in total. The molecule has 40 heavy (non-hydrogen) atoms. The molecule has 0 radical (unpaired) electrons. The van der Waals surface area contributed by atoms with Gasteiger partial charge in [-0.05, 0) is 6.42 Å². The van der Waals surface area contributed by atoms with E-state index in [9.17, 15) is 46.0 Å². The van der Waals surface area contributed by atoms with E-state index >= 15 is 0 Å². The first-order valence-corrected chi connectivity index (χ1v) is 13.6. The Kier molecular flexibility index (Phi) is 11.9. The van der Waals surface area contributed by atoms with Gasteiger partial charge in [-0.3, -0.25) is 0 Å². The second kappa shape index (κ2) is 14.7. The van der Waals surface area contributed by atoms with Crippen LogP contribution in [0.2, 0.25) is 0 Å². The molecule has 0 unspecified atom stereocenters. The Morgan fingerprint density at radius 2 is 1.38 bits per heavy atom. The highest BCUT2D eigenvalue weighted by molar-refractivity contribution is 4.91. The van der Waals surface area contributed by atoms with E-state index in [-0.39, 0.29) is 32.5 Å². The second-order valence-corrected chi connectivity index (χ2v) is 10.6. The lowest BCUT2D eigenvalue weighted by molar-refractivity contribution is -0.353. The Bertz CT molecular complexity index is 762. The quantitative estimate of drug-likeness (QED) is 0.117. The highest BCUT2D eigenvalue weighted by Crippen LogP contribution is 2.31. The molecule has 15 atom stereocenters. The average Bonchev–Trinajstić information content (AvgIpc) is 2.94. The van der Waals surface area contributed by atoms with Gasteiger partial charge in [-0.1, -0.05) is 0 Å². The molecule has 4 aliphatic rings. The van der Waals surface area contributed by atoms with Crippen LogP contribution < -0.4 is 0 Å². The van der Waals surface area contributed by atoms with Crippen LogP contribution in [0.25, 0.3) is 0 Å². The minimum Gasteiger partial charge on any atom is -0.394 e. The van der Waals surface area contributed by atoms with Crippen molar-refractivity contribution in [2.24, 2.45) is 0 Å². The third kappa shape index (κ3) is 7.84. The molecule has 0 aromatic rings. The Balaban J connectivity index is 1.38. The Morgan fingerprint density at radius 1 is 0.625 bits per heavy atom. The van der Waals surface area contributed by atoms with Crippen LogP contribution >= 0.6 is 0 Å². The first kappa shape index (κ1) is 32.3. The number of hydrogen-bond donors (Lipinski definition) is 9. The highest BCUT2D eigenvalue weighted by Gasteiger charge is 2.48. The van der Waals surface area contributed by atoms with Crippen LogP contribution in [0.3, 0.4) is 0 Å². The van der Waals surface area contributed by atoms with Gasteiger partial charge in [-0.2, -0.15) is 0 Å². The second-order valence-electron chi connectivity index (χ2n) is 10.6. The Hall–Kier alpha value is -0.640. The van der Waals surface area contributed by atoms with Gasteiger partial charge in [0.2, 0.25) is 0 Å². The Labute approximate surface area is 230 Å². The van der Waals surface area contributed by atoms with Gasteiger partial charge in [-0.25, -0.2) is 0 Å². The number of rotatable bonds is 10. The van der Waals surface area contributed by atoms with Crippen molar-refractivity contribution < 1.29 is 79.1 Å². The topological polar surface area (TPSA) is 247 Å². The molecule has 4 rings (SSSR count). The molecule has 0 aromatic carbocycles. The molecule has 4 saturated heterocycles. The van der Waals surface area contributed by atoms with E-state index in [1.165, 1.54) is 0 Å². The van der Waals surface area contributed by atoms with Crippen LogP contribution in [0.1, 0.15) is 32.1 Å². The van der Waals surface area contributed by atoms with Crippen molar-refractivity contribution >= 4 is 0 Å². The van der Waals surface area contributed by atoms with Crippen LogP contribution in [0.4, 0.5) is 0 Å². The molecule has 4 heterocycles. The molecule has 234 valence electrons. The lowest BCUT2D eigenvalue weighted by Crippen LogP contribution is -2.61. The third-order valence-corrected chi connectivity index (χ3v) is 7.59. The predicted octanol–water partition coefficient (Wildman–Crippen LogP) is -4.60. The minimum absolute atomic E-state index is 0.0260. The highest BCUT2D eigenvalue weighted by atomic mass is 16.8. The van der Waals surface area contributed by atoms with Gasteiger partial charge < -0.3 is 79.1 Å². The van der Waals surface area contributed by atoms with E-state index in [1.807, 2.05) is 0 Å². The molecule has 0 aliphatic carbocycles. The molecule has 0 saturated carbocycles. The van der Waals surface area contributed by atoms with Gasteiger partial charge in [0, 0.05) is 25.7 Å². The smallest absolute Gasteiger partial charge is 0.187 e. The SMILES string of the molecule is OC[C@@H]1C[C@H](O)C[C@H](O[C@@H]2[C@@H](OC[C@@H]3C[C@H](O[C@@H]4CC[C@H](O)[C@@H](CO)O4)[C@H](O)[C@H](O)O3)O[C@H](CO)[C@@H](O)[C@@H]2O)O1. The third-order valence-electron chi connectivity index (χ3n) is 7.59. The van der Waals surface area contributed by atoms with Crippen molar-refractivity contribution in [3.8, 4) is 0 Å². The van der Waals surface area contributed by atoms with Crippen molar-refractivity contribution in [1.82, 2.24) is 0 Å². The minimum atomic E-state index is -1.64. The van der Waals surface area contributed by atoms with Gasteiger partial charge in [0.05, 0.1) is 56.9 Å². The van der Waals surface area contributed by atoms with E-state index in [0.29, 0.717) is 12.8 Å². The first-order chi connectivity index (χ1) is 19.1. The van der Waals surface area contributed by atoms with Crippen molar-refractivity contribution in [1.29, 1.82) is 0 Å². The fourth-order valence-corrected chi connectivity index (χ4v) is 5.33. The van der Waals surface area contributed by atoms with E-state index in [2.05, 4.69) is 0 Å². The number of aliphatic hydroxyl groups is 9. The standard InChI is InChI=1S/C24H42O16/c25-6-11-3-10(28)4-18(35-11)40-22-21(32)19(30)16(8-27)39-24(22)34-9-12-5-14(20(31)23(33)36-12)37-17-2-1-13(29)15(7-26)38-17/h10-33H,1-9H2/t10-,11-,12-,13-,14-,15+,16+,17-,18-,19+,20-,21-,22-,23+,24-/m0/s1. The van der Waals surface area contributed by atoms with Gasteiger partial charge in [0.15, 0.2) is 25.2 Å². The van der Waals surface area contributed by atoms with E-state index in [4.69, 9.17) is 33.2 Å². The van der Waals surface area contributed by atoms with Crippen molar-refractivity contribution in [2.45, 2.75) is 124 Å². The van der Waals surface area contributed by atoms with Crippen molar-refractivity contribution in [2.75, 3.05) is 26.4 Å². The average molecular weight is 587 g/mol. The lowest BCUT2D eigenvalue weighted by atomic mass is 9.98. The van der Waals surface area contributed by atoms with E-state index < -0.39 is 106 Å². The Morgan fingerprint density at radius 3 is 2.08 bits per heavy atom. The summed E-state index contributed by atoms with van der Waals surface area (Å²) in [4.78, 5) is 0. The van der Waals surface area contributed by atoms with Crippen LogP contribution in [0, 0.1) is 0 Å². The van der Waals surface area contributed by atoms with E-state index in [1.54, 1.807) is 0 Å². The number of aliphatic hydroxyl groups excluding tert-OH is 9. The number of ether oxygens (including phenoxy) is 7. The predicted molar refractivity (Wildman–Crippen MR) is 127 cm³/mol. The van der Waals surface area contributed by atoms with E-state index in [0.717, 1.165) is 0 Å². The summed E-state index contributed by atoms with van der Waals surface area (Å²) >= 11 is 0. The summed E-state index contributed by atoms with van der Waals surface area (Å²) in [5.74, 6) is 0. The monoisotopic (exact) mass is 586 g/mol. The zero-order chi connectivity index (χ0) is 29.0. The summed E-state index contributed by atoms with van der Waals surface area (Å²) < 4.78 is 39.6. The molecule has 0 aromatic heterocycles.